The zero-order valence-electron chi connectivity index (χ0n) is 21.4. The number of hydrogen-bond donors (Lipinski definition) is 2. The second-order valence-electron chi connectivity index (χ2n) is 10.2. The summed E-state index contributed by atoms with van der Waals surface area (Å²) in [5, 5.41) is 10.2. The van der Waals surface area contributed by atoms with Crippen LogP contribution < -0.4 is 10.6 Å². The van der Waals surface area contributed by atoms with Crippen molar-refractivity contribution in [3.8, 4) is 0 Å². The van der Waals surface area contributed by atoms with Crippen LogP contribution >= 0.6 is 11.3 Å². The Morgan fingerprint density at radius 2 is 1.79 bits per heavy atom. The van der Waals surface area contributed by atoms with Gasteiger partial charge < -0.3 is 20.3 Å². The third-order valence-corrected chi connectivity index (χ3v) is 11.0. The number of aliphatic hydroxyl groups is 1. The van der Waals surface area contributed by atoms with E-state index in [0.717, 1.165) is 11.3 Å². The van der Waals surface area contributed by atoms with Crippen LogP contribution in [0.2, 0.25) is 0 Å². The number of piperidine rings is 1. The van der Waals surface area contributed by atoms with Gasteiger partial charge in [-0.1, -0.05) is 23.5 Å². The van der Waals surface area contributed by atoms with Crippen LogP contribution in [0.15, 0.2) is 47.2 Å². The van der Waals surface area contributed by atoms with Gasteiger partial charge >= 0.3 is 0 Å². The van der Waals surface area contributed by atoms with Crippen molar-refractivity contribution in [2.24, 2.45) is 5.73 Å². The zero-order chi connectivity index (χ0) is 26.9. The van der Waals surface area contributed by atoms with Crippen molar-refractivity contribution in [3.05, 3.63) is 60.1 Å². The third kappa shape index (κ3) is 5.63. The number of aromatic nitrogens is 3. The number of sulfonamides is 1. The number of imidazole rings is 1. The highest BCUT2D eigenvalue weighted by molar-refractivity contribution is 7.91. The minimum Gasteiger partial charge on any atom is -0.394 e. The fourth-order valence-corrected chi connectivity index (χ4v) is 7.75. The van der Waals surface area contributed by atoms with Gasteiger partial charge in [0.1, 0.15) is 5.82 Å². The summed E-state index contributed by atoms with van der Waals surface area (Å²) in [6.07, 6.45) is 6.33. The van der Waals surface area contributed by atoms with Crippen molar-refractivity contribution in [1.29, 1.82) is 0 Å². The molecule has 2 saturated heterocycles. The van der Waals surface area contributed by atoms with Gasteiger partial charge in [-0.2, -0.15) is 4.31 Å². The summed E-state index contributed by atoms with van der Waals surface area (Å²) in [5.41, 5.74) is 7.60. The molecule has 1 aromatic carbocycles. The number of rotatable bonds is 8. The summed E-state index contributed by atoms with van der Waals surface area (Å²) in [5.74, 6) is -0.263. The molecule has 0 amide bonds. The molecule has 1 atom stereocenters. The Bertz CT molecular complexity index is 1330. The Labute approximate surface area is 226 Å². The first-order valence-electron chi connectivity index (χ1n) is 12.8. The van der Waals surface area contributed by atoms with Gasteiger partial charge in [-0.25, -0.2) is 22.8 Å². The lowest BCUT2D eigenvalue weighted by Gasteiger charge is -2.37. The van der Waals surface area contributed by atoms with Gasteiger partial charge in [0.15, 0.2) is 9.34 Å². The number of nitrogens with zero attached hydrogens (tertiary/aromatic N) is 6. The summed E-state index contributed by atoms with van der Waals surface area (Å²) >= 11 is 1.19. The Kier molecular flexibility index (Phi) is 7.85. The molecule has 3 N–H and O–H groups in total. The number of thiazole rings is 1. The lowest BCUT2D eigenvalue weighted by atomic mass is 9.90. The average Bonchev–Trinajstić information content (AvgIpc) is 3.60. The molecule has 0 saturated carbocycles. The summed E-state index contributed by atoms with van der Waals surface area (Å²) in [4.78, 5) is 13.0. The highest BCUT2D eigenvalue weighted by Gasteiger charge is 2.34. The molecule has 206 valence electrons. The molecule has 0 spiro atoms. The second-order valence-corrected chi connectivity index (χ2v) is 13.3. The van der Waals surface area contributed by atoms with E-state index in [2.05, 4.69) is 26.4 Å². The van der Waals surface area contributed by atoms with Crippen molar-refractivity contribution in [2.45, 2.75) is 42.1 Å². The van der Waals surface area contributed by atoms with Crippen LogP contribution in [0.4, 0.5) is 9.52 Å². The maximum Gasteiger partial charge on any atom is 0.254 e. The van der Waals surface area contributed by atoms with E-state index in [0.29, 0.717) is 63.8 Å². The molecule has 2 aliphatic rings. The summed E-state index contributed by atoms with van der Waals surface area (Å²) in [7, 11) is -3.63. The molecule has 5 rings (SSSR count). The first kappa shape index (κ1) is 27.2. The molecule has 38 heavy (non-hydrogen) atoms. The summed E-state index contributed by atoms with van der Waals surface area (Å²) in [6, 6.07) is 6.49. The van der Waals surface area contributed by atoms with Crippen LogP contribution in [0.5, 0.6) is 0 Å². The second kappa shape index (κ2) is 11.0. The van der Waals surface area contributed by atoms with Crippen LogP contribution in [-0.4, -0.2) is 88.7 Å². The lowest BCUT2D eigenvalue weighted by Crippen LogP contribution is -2.52. The third-order valence-electron chi connectivity index (χ3n) is 7.64. The molecular weight excluding hydrogens is 529 g/mol. The van der Waals surface area contributed by atoms with Gasteiger partial charge in [0.2, 0.25) is 0 Å². The molecule has 2 fully saturated rings. The summed E-state index contributed by atoms with van der Waals surface area (Å²) in [6.45, 7) is 5.92. The van der Waals surface area contributed by atoms with Crippen LogP contribution in [0.3, 0.4) is 0 Å². The monoisotopic (exact) mass is 563 g/mol. The number of halogens is 1. The molecule has 0 aliphatic carbocycles. The maximum atomic E-state index is 13.3. The molecule has 1 unspecified atom stereocenters. The van der Waals surface area contributed by atoms with Crippen LogP contribution in [0.25, 0.3) is 0 Å². The summed E-state index contributed by atoms with van der Waals surface area (Å²) < 4.78 is 43.9. The zero-order valence-corrected chi connectivity index (χ0v) is 23.0. The molecule has 2 aliphatic heterocycles. The SMILES string of the molecule is CC(c1ccc(F)cc1)n1cncc1CN1CCN(S(=O)(=O)c2cnc(N3CCC(N)(CO)CC3)s2)CC1. The molecule has 3 aromatic rings. The van der Waals surface area contributed by atoms with E-state index < -0.39 is 15.6 Å². The predicted octanol–water partition coefficient (Wildman–Crippen LogP) is 1.88. The molecule has 10 nitrogen and oxygen atoms in total. The van der Waals surface area contributed by atoms with Crippen molar-refractivity contribution in [3.63, 3.8) is 0 Å². The van der Waals surface area contributed by atoms with E-state index >= 15 is 0 Å². The first-order valence-corrected chi connectivity index (χ1v) is 15.0. The van der Waals surface area contributed by atoms with E-state index in [1.807, 2.05) is 11.1 Å². The van der Waals surface area contributed by atoms with Gasteiger partial charge in [-0.05, 0) is 37.5 Å². The highest BCUT2D eigenvalue weighted by atomic mass is 32.2. The van der Waals surface area contributed by atoms with Gasteiger partial charge in [0, 0.05) is 57.5 Å². The standard InChI is InChI=1S/C25H34FN7O3S2/c1-19(20-2-4-21(26)5-3-20)33-18-28-14-22(33)16-30-10-12-32(13-11-30)38(35,36)23-15-29-24(37-23)31-8-6-25(27,17-34)7-9-31/h2-5,14-15,18-19,34H,6-13,16-17,27H2,1H3. The van der Waals surface area contributed by atoms with Crippen molar-refractivity contribution < 1.29 is 17.9 Å². The van der Waals surface area contributed by atoms with Gasteiger partial charge in [0.25, 0.3) is 10.0 Å². The van der Waals surface area contributed by atoms with Crippen molar-refractivity contribution in [1.82, 2.24) is 23.7 Å². The molecule has 13 heteroatoms. The topological polar surface area (TPSA) is 121 Å². The molecular formula is C25H34FN7O3S2. The lowest BCUT2D eigenvalue weighted by molar-refractivity contribution is 0.170. The van der Waals surface area contributed by atoms with E-state index in [1.54, 1.807) is 18.5 Å². The molecule has 0 bridgehead atoms. The molecule has 4 heterocycles. The number of hydrogen-bond acceptors (Lipinski definition) is 9. The van der Waals surface area contributed by atoms with E-state index in [-0.39, 0.29) is 22.7 Å². The van der Waals surface area contributed by atoms with Gasteiger partial charge in [-0.15, -0.1) is 0 Å². The van der Waals surface area contributed by atoms with E-state index in [9.17, 15) is 17.9 Å². The Balaban J connectivity index is 1.18. The van der Waals surface area contributed by atoms with Crippen molar-refractivity contribution in [2.75, 3.05) is 50.8 Å². The fourth-order valence-electron chi connectivity index (χ4n) is 5.01. The number of nitrogens with two attached hydrogens (primary N) is 1. The molecule has 0 radical (unpaired) electrons. The quantitative estimate of drug-likeness (QED) is 0.426. The highest BCUT2D eigenvalue weighted by Crippen LogP contribution is 2.32. The van der Waals surface area contributed by atoms with Crippen LogP contribution in [0.1, 0.15) is 37.1 Å². The Hall–Kier alpha value is -2.42. The smallest absolute Gasteiger partial charge is 0.254 e. The maximum absolute atomic E-state index is 13.3. The average molecular weight is 564 g/mol. The Morgan fingerprint density at radius 3 is 2.45 bits per heavy atom. The number of piperazine rings is 1. The predicted molar refractivity (Wildman–Crippen MR) is 144 cm³/mol. The van der Waals surface area contributed by atoms with Gasteiger partial charge in [-0.3, -0.25) is 4.90 Å². The molecule has 2 aromatic heterocycles. The van der Waals surface area contributed by atoms with E-state index in [4.69, 9.17) is 5.73 Å². The fraction of sp³-hybridized carbons (Fsp3) is 0.520. The van der Waals surface area contributed by atoms with Crippen LogP contribution in [0, 0.1) is 5.82 Å². The van der Waals surface area contributed by atoms with Crippen LogP contribution in [-0.2, 0) is 16.6 Å². The van der Waals surface area contributed by atoms with Crippen molar-refractivity contribution >= 4 is 26.5 Å². The first-order chi connectivity index (χ1) is 18.2. The Morgan fingerprint density at radius 1 is 1.11 bits per heavy atom. The van der Waals surface area contributed by atoms with E-state index in [1.165, 1.54) is 34.0 Å². The minimum absolute atomic E-state index is 0.0000982. The number of aliphatic hydroxyl groups excluding tert-OH is 1. The minimum atomic E-state index is -3.63. The number of anilines is 1. The normalized spacial score (nSPS) is 20.1. The van der Waals surface area contributed by atoms with Gasteiger partial charge in [0.05, 0.1) is 30.9 Å². The number of benzene rings is 1. The largest absolute Gasteiger partial charge is 0.394 e.